The fourth-order valence-electron chi connectivity index (χ4n) is 3.02. The van der Waals surface area contributed by atoms with Gasteiger partial charge in [0.25, 0.3) is 0 Å². The topological polar surface area (TPSA) is 41.3 Å². The third-order valence-electron chi connectivity index (χ3n) is 4.41. The van der Waals surface area contributed by atoms with Crippen molar-refractivity contribution >= 4 is 0 Å². The minimum Gasteiger partial charge on any atom is -0.394 e. The molecule has 1 N–H and O–H groups in total. The molecule has 2 aromatic rings. The van der Waals surface area contributed by atoms with Crippen LogP contribution in [0.1, 0.15) is 28.4 Å². The summed E-state index contributed by atoms with van der Waals surface area (Å²) in [5.41, 5.74) is 5.07. The van der Waals surface area contributed by atoms with E-state index < -0.39 is 0 Å². The first-order chi connectivity index (χ1) is 9.70. The standard InChI is InChI=1S/C16H21N3O/c1-12-14(9-17-18(12)2)10-19-8-7-13-5-3-4-6-15(13)16(19)11-20/h3-6,9,16,20H,7-8,10-11H2,1-2H3. The molecule has 0 aliphatic carbocycles. The minimum absolute atomic E-state index is 0.0968. The fraction of sp³-hybridized carbons (Fsp3) is 0.438. The minimum atomic E-state index is 0.0968. The first-order valence-corrected chi connectivity index (χ1v) is 7.11. The molecule has 3 rings (SSSR count). The molecule has 0 radical (unpaired) electrons. The molecular formula is C16H21N3O. The molecule has 0 saturated heterocycles. The zero-order valence-corrected chi connectivity index (χ0v) is 12.1. The third kappa shape index (κ3) is 2.25. The predicted octanol–water partition coefficient (Wildman–Crippen LogP) is 1.82. The van der Waals surface area contributed by atoms with Crippen LogP contribution in [0.4, 0.5) is 0 Å². The number of benzene rings is 1. The molecule has 106 valence electrons. The van der Waals surface area contributed by atoms with Gasteiger partial charge < -0.3 is 5.11 Å². The van der Waals surface area contributed by atoms with E-state index in [2.05, 4.69) is 41.2 Å². The Hall–Kier alpha value is -1.65. The number of fused-ring (bicyclic) bond motifs is 1. The molecule has 0 amide bonds. The van der Waals surface area contributed by atoms with Crippen molar-refractivity contribution in [1.29, 1.82) is 0 Å². The lowest BCUT2D eigenvalue weighted by molar-refractivity contribution is 0.108. The third-order valence-corrected chi connectivity index (χ3v) is 4.41. The Balaban J connectivity index is 1.86. The Morgan fingerprint density at radius 2 is 2.15 bits per heavy atom. The van der Waals surface area contributed by atoms with Gasteiger partial charge in [0.15, 0.2) is 0 Å². The zero-order chi connectivity index (χ0) is 14.1. The lowest BCUT2D eigenvalue weighted by Gasteiger charge is -2.36. The van der Waals surface area contributed by atoms with Crippen LogP contribution in [-0.4, -0.2) is 32.9 Å². The van der Waals surface area contributed by atoms with Crippen LogP contribution < -0.4 is 0 Å². The second-order valence-electron chi connectivity index (χ2n) is 5.50. The molecule has 4 nitrogen and oxygen atoms in total. The van der Waals surface area contributed by atoms with Crippen LogP contribution in [-0.2, 0) is 20.0 Å². The highest BCUT2D eigenvalue weighted by molar-refractivity contribution is 5.33. The Labute approximate surface area is 119 Å². The number of hydrogen-bond acceptors (Lipinski definition) is 3. The van der Waals surface area contributed by atoms with Crippen molar-refractivity contribution in [2.24, 2.45) is 7.05 Å². The molecule has 1 aliphatic heterocycles. The molecule has 1 atom stereocenters. The summed E-state index contributed by atoms with van der Waals surface area (Å²) in [6, 6.07) is 8.54. The van der Waals surface area contributed by atoms with Crippen molar-refractivity contribution in [2.45, 2.75) is 25.9 Å². The van der Waals surface area contributed by atoms with Gasteiger partial charge in [-0.15, -0.1) is 0 Å². The number of aromatic nitrogens is 2. The van der Waals surface area contributed by atoms with Gasteiger partial charge in [-0.3, -0.25) is 9.58 Å². The number of hydrogen-bond donors (Lipinski definition) is 1. The first kappa shape index (κ1) is 13.3. The Morgan fingerprint density at radius 1 is 1.35 bits per heavy atom. The van der Waals surface area contributed by atoms with Gasteiger partial charge in [0.05, 0.1) is 18.8 Å². The smallest absolute Gasteiger partial charge is 0.0628 e. The molecule has 1 aromatic heterocycles. The largest absolute Gasteiger partial charge is 0.394 e. The van der Waals surface area contributed by atoms with Crippen molar-refractivity contribution in [1.82, 2.24) is 14.7 Å². The zero-order valence-electron chi connectivity index (χ0n) is 12.1. The summed E-state index contributed by atoms with van der Waals surface area (Å²) in [6.07, 6.45) is 2.98. The molecule has 1 aromatic carbocycles. The number of nitrogens with zero attached hydrogens (tertiary/aromatic N) is 3. The number of aliphatic hydroxyl groups excluding tert-OH is 1. The van der Waals surface area contributed by atoms with Crippen LogP contribution >= 0.6 is 0 Å². The van der Waals surface area contributed by atoms with Gasteiger partial charge in [-0.1, -0.05) is 24.3 Å². The van der Waals surface area contributed by atoms with Gasteiger partial charge in [-0.05, 0) is 24.5 Å². The fourth-order valence-corrected chi connectivity index (χ4v) is 3.02. The second-order valence-corrected chi connectivity index (χ2v) is 5.50. The van der Waals surface area contributed by atoms with Gasteiger partial charge in [-0.25, -0.2) is 0 Å². The van der Waals surface area contributed by atoms with E-state index in [-0.39, 0.29) is 12.6 Å². The second kappa shape index (κ2) is 5.38. The number of aliphatic hydroxyl groups is 1. The van der Waals surface area contributed by atoms with Crippen molar-refractivity contribution in [2.75, 3.05) is 13.2 Å². The summed E-state index contributed by atoms with van der Waals surface area (Å²) >= 11 is 0. The van der Waals surface area contributed by atoms with Gasteiger partial charge >= 0.3 is 0 Å². The maximum absolute atomic E-state index is 9.80. The van der Waals surface area contributed by atoms with E-state index in [0.29, 0.717) is 0 Å². The molecular weight excluding hydrogens is 250 g/mol. The molecule has 0 spiro atoms. The highest BCUT2D eigenvalue weighted by Crippen LogP contribution is 2.30. The molecule has 1 unspecified atom stereocenters. The van der Waals surface area contributed by atoms with Crippen molar-refractivity contribution in [3.05, 3.63) is 52.8 Å². The van der Waals surface area contributed by atoms with E-state index in [0.717, 1.165) is 19.5 Å². The summed E-state index contributed by atoms with van der Waals surface area (Å²) < 4.78 is 1.90. The van der Waals surface area contributed by atoms with E-state index in [1.165, 1.54) is 22.4 Å². The Bertz CT molecular complexity index is 606. The number of aryl methyl sites for hydroxylation is 1. The van der Waals surface area contributed by atoms with Gasteiger partial charge in [0, 0.05) is 31.4 Å². The molecule has 4 heteroatoms. The highest BCUT2D eigenvalue weighted by atomic mass is 16.3. The van der Waals surface area contributed by atoms with Crippen LogP contribution in [0.15, 0.2) is 30.5 Å². The molecule has 0 saturated carbocycles. The molecule has 0 bridgehead atoms. The molecule has 2 heterocycles. The van der Waals surface area contributed by atoms with E-state index in [9.17, 15) is 5.11 Å². The first-order valence-electron chi connectivity index (χ1n) is 7.11. The Morgan fingerprint density at radius 3 is 2.85 bits per heavy atom. The normalized spacial score (nSPS) is 19.1. The van der Waals surface area contributed by atoms with Crippen molar-refractivity contribution < 1.29 is 5.11 Å². The van der Waals surface area contributed by atoms with Crippen LogP contribution in [0.2, 0.25) is 0 Å². The molecule has 20 heavy (non-hydrogen) atoms. The summed E-state index contributed by atoms with van der Waals surface area (Å²) in [5.74, 6) is 0. The lowest BCUT2D eigenvalue weighted by Crippen LogP contribution is -2.36. The van der Waals surface area contributed by atoms with E-state index >= 15 is 0 Å². The van der Waals surface area contributed by atoms with Gasteiger partial charge in [-0.2, -0.15) is 5.10 Å². The lowest BCUT2D eigenvalue weighted by atomic mass is 9.92. The maximum Gasteiger partial charge on any atom is 0.0628 e. The van der Waals surface area contributed by atoms with Crippen LogP contribution in [0.25, 0.3) is 0 Å². The van der Waals surface area contributed by atoms with Gasteiger partial charge in [0.1, 0.15) is 0 Å². The molecule has 0 fully saturated rings. The predicted molar refractivity (Wildman–Crippen MR) is 78.3 cm³/mol. The van der Waals surface area contributed by atoms with Crippen molar-refractivity contribution in [3.8, 4) is 0 Å². The van der Waals surface area contributed by atoms with Crippen molar-refractivity contribution in [3.63, 3.8) is 0 Å². The van der Waals surface area contributed by atoms with Crippen LogP contribution in [0, 0.1) is 6.92 Å². The monoisotopic (exact) mass is 271 g/mol. The van der Waals surface area contributed by atoms with Crippen LogP contribution in [0.3, 0.4) is 0 Å². The highest BCUT2D eigenvalue weighted by Gasteiger charge is 2.27. The van der Waals surface area contributed by atoms with Crippen LogP contribution in [0.5, 0.6) is 0 Å². The Kier molecular flexibility index (Phi) is 3.59. The van der Waals surface area contributed by atoms with E-state index in [1.54, 1.807) is 0 Å². The SMILES string of the molecule is Cc1c(CN2CCc3ccccc3C2CO)cnn1C. The van der Waals surface area contributed by atoms with E-state index in [4.69, 9.17) is 0 Å². The quantitative estimate of drug-likeness (QED) is 0.926. The molecule has 1 aliphatic rings. The summed E-state index contributed by atoms with van der Waals surface area (Å²) in [6.45, 7) is 4.08. The average Bonchev–Trinajstić information content (AvgIpc) is 2.79. The summed E-state index contributed by atoms with van der Waals surface area (Å²) in [7, 11) is 1.97. The van der Waals surface area contributed by atoms with Gasteiger partial charge in [0.2, 0.25) is 0 Å². The van der Waals surface area contributed by atoms with E-state index in [1.807, 2.05) is 17.9 Å². The summed E-state index contributed by atoms with van der Waals surface area (Å²) in [4.78, 5) is 2.35. The maximum atomic E-state index is 9.80. The number of rotatable bonds is 3. The summed E-state index contributed by atoms with van der Waals surface area (Å²) in [5, 5.41) is 14.1. The average molecular weight is 271 g/mol.